The van der Waals surface area contributed by atoms with Gasteiger partial charge >= 0.3 is 6.18 Å². The van der Waals surface area contributed by atoms with Crippen molar-refractivity contribution >= 4 is 34.6 Å². The molecule has 3 fully saturated rings. The molecule has 39 heavy (non-hydrogen) atoms. The van der Waals surface area contributed by atoms with Crippen molar-refractivity contribution in [3.8, 4) is 6.07 Å². The Hall–Kier alpha value is -3.23. The number of benzene rings is 2. The van der Waals surface area contributed by atoms with E-state index in [-0.39, 0.29) is 16.4 Å². The summed E-state index contributed by atoms with van der Waals surface area (Å²) in [4.78, 5) is 15.1. The van der Waals surface area contributed by atoms with E-state index in [1.807, 2.05) is 24.3 Å². The Bertz CT molecular complexity index is 1350. The summed E-state index contributed by atoms with van der Waals surface area (Å²) in [6.07, 6.45) is -0.479. The number of nitriles is 1. The molecular formula is C28H28F4N4O2S. The lowest BCUT2D eigenvalue weighted by atomic mass is 9.65. The van der Waals surface area contributed by atoms with Crippen LogP contribution in [-0.2, 0) is 17.4 Å². The van der Waals surface area contributed by atoms with Crippen molar-refractivity contribution < 1.29 is 27.5 Å². The van der Waals surface area contributed by atoms with Crippen LogP contribution >= 0.6 is 12.2 Å². The summed E-state index contributed by atoms with van der Waals surface area (Å²) in [7, 11) is 1.65. The van der Waals surface area contributed by atoms with Gasteiger partial charge in [0.2, 0.25) is 5.91 Å². The average Bonchev–Trinajstić information content (AvgIpc) is 3.09. The molecular weight excluding hydrogens is 532 g/mol. The van der Waals surface area contributed by atoms with Crippen LogP contribution in [0.25, 0.3) is 0 Å². The van der Waals surface area contributed by atoms with E-state index in [4.69, 9.17) is 17.5 Å². The van der Waals surface area contributed by atoms with Gasteiger partial charge in [-0.1, -0.05) is 18.6 Å². The zero-order valence-corrected chi connectivity index (χ0v) is 22.1. The number of nitrogens with zero attached hydrogens (tertiary/aromatic N) is 3. The van der Waals surface area contributed by atoms with Gasteiger partial charge in [0.05, 0.1) is 22.9 Å². The SMILES string of the molecule is CNC(=O)C1(CCc2ccc(N3C(=S)N(c4ccc(C#N)c(C(F)(F)F)c4F)C(O)C34CCC4)cc2)CCC1. The van der Waals surface area contributed by atoms with Crippen LogP contribution in [0.2, 0.25) is 0 Å². The van der Waals surface area contributed by atoms with E-state index in [0.717, 1.165) is 54.7 Å². The van der Waals surface area contributed by atoms with Crippen LogP contribution in [0.15, 0.2) is 36.4 Å². The average molecular weight is 561 g/mol. The summed E-state index contributed by atoms with van der Waals surface area (Å²) in [5.41, 5.74) is -2.62. The van der Waals surface area contributed by atoms with Crippen molar-refractivity contribution in [3.63, 3.8) is 0 Å². The number of carbonyl (C=O) groups excluding carboxylic acids is 1. The predicted octanol–water partition coefficient (Wildman–Crippen LogP) is 5.42. The molecule has 1 amide bonds. The molecule has 1 heterocycles. The van der Waals surface area contributed by atoms with Gasteiger partial charge in [-0.3, -0.25) is 9.69 Å². The van der Waals surface area contributed by atoms with Crippen molar-refractivity contribution in [3.05, 3.63) is 58.9 Å². The van der Waals surface area contributed by atoms with E-state index >= 15 is 4.39 Å². The summed E-state index contributed by atoms with van der Waals surface area (Å²) in [5, 5.41) is 23.2. The zero-order chi connectivity index (χ0) is 28.2. The molecule has 2 aromatic carbocycles. The highest BCUT2D eigenvalue weighted by Crippen LogP contribution is 2.51. The number of anilines is 2. The third-order valence-electron chi connectivity index (χ3n) is 8.68. The molecule has 0 aromatic heterocycles. The Morgan fingerprint density at radius 1 is 1.15 bits per heavy atom. The fraction of sp³-hybridized carbons (Fsp3) is 0.464. The fourth-order valence-corrected chi connectivity index (χ4v) is 6.64. The molecule has 11 heteroatoms. The maximum Gasteiger partial charge on any atom is 0.420 e. The number of nitrogens with one attached hydrogen (secondary N) is 1. The van der Waals surface area contributed by atoms with E-state index in [0.29, 0.717) is 24.9 Å². The Balaban J connectivity index is 1.44. The molecule has 5 rings (SSSR count). The third-order valence-corrected chi connectivity index (χ3v) is 9.06. The lowest BCUT2D eigenvalue weighted by Gasteiger charge is -2.46. The molecule has 0 radical (unpaired) electrons. The van der Waals surface area contributed by atoms with Crippen molar-refractivity contribution in [1.29, 1.82) is 5.26 Å². The van der Waals surface area contributed by atoms with Crippen LogP contribution in [0, 0.1) is 22.6 Å². The highest BCUT2D eigenvalue weighted by atomic mass is 32.1. The monoisotopic (exact) mass is 560 g/mol. The molecule has 6 nitrogen and oxygen atoms in total. The molecule has 1 unspecified atom stereocenters. The van der Waals surface area contributed by atoms with Crippen molar-refractivity contribution in [2.45, 2.75) is 69.3 Å². The van der Waals surface area contributed by atoms with Crippen LogP contribution < -0.4 is 15.1 Å². The highest BCUT2D eigenvalue weighted by molar-refractivity contribution is 7.80. The second kappa shape index (κ2) is 9.75. The lowest BCUT2D eigenvalue weighted by molar-refractivity contribution is -0.140. The summed E-state index contributed by atoms with van der Waals surface area (Å²) < 4.78 is 56.3. The number of alkyl halides is 3. The molecule has 1 atom stereocenters. The standard InChI is InChI=1S/C28H28F4N4O2S/c1-34-23(37)26(11-2-12-26)15-10-17-4-7-19(8-5-17)36-25(39)35(24(38)27(36)13-3-14-27)20-9-6-18(16-33)21(22(20)29)28(30,31)32/h4-9,24,38H,2-3,10-15H2,1H3,(H,34,37). The van der Waals surface area contributed by atoms with Crippen LogP contribution in [-0.4, -0.2) is 34.9 Å². The number of aryl methyl sites for hydroxylation is 1. The van der Waals surface area contributed by atoms with Crippen molar-refractivity contribution in [2.75, 3.05) is 16.8 Å². The first-order chi connectivity index (χ1) is 18.5. The number of amides is 1. The minimum Gasteiger partial charge on any atom is -0.371 e. The Morgan fingerprint density at radius 3 is 2.28 bits per heavy atom. The smallest absolute Gasteiger partial charge is 0.371 e. The summed E-state index contributed by atoms with van der Waals surface area (Å²) in [5.74, 6) is -1.58. The molecule has 206 valence electrons. The van der Waals surface area contributed by atoms with Gasteiger partial charge in [0, 0.05) is 18.2 Å². The van der Waals surface area contributed by atoms with Crippen molar-refractivity contribution in [2.24, 2.45) is 5.41 Å². The number of aliphatic hydroxyl groups is 1. The second-order valence-corrected chi connectivity index (χ2v) is 11.0. The molecule has 2 N–H and O–H groups in total. The van der Waals surface area contributed by atoms with Crippen LogP contribution in [0.3, 0.4) is 0 Å². The van der Waals surface area contributed by atoms with Crippen LogP contribution in [0.5, 0.6) is 0 Å². The van der Waals surface area contributed by atoms with Crippen molar-refractivity contribution in [1.82, 2.24) is 5.32 Å². The normalized spacial score (nSPS) is 21.4. The van der Waals surface area contributed by atoms with E-state index < -0.39 is 40.6 Å². The molecule has 1 aliphatic heterocycles. The lowest BCUT2D eigenvalue weighted by Crippen LogP contribution is -2.57. The van der Waals surface area contributed by atoms with Gasteiger partial charge < -0.3 is 15.3 Å². The molecule has 2 aliphatic carbocycles. The first-order valence-electron chi connectivity index (χ1n) is 12.9. The largest absolute Gasteiger partial charge is 0.420 e. The van der Waals surface area contributed by atoms with E-state index in [1.54, 1.807) is 11.9 Å². The third kappa shape index (κ3) is 4.25. The topological polar surface area (TPSA) is 79.6 Å². The minimum absolute atomic E-state index is 0.0141. The van der Waals surface area contributed by atoms with Gasteiger partial charge in [-0.25, -0.2) is 4.39 Å². The molecule has 1 saturated heterocycles. The van der Waals surface area contributed by atoms with Gasteiger partial charge in [-0.05, 0) is 87.0 Å². The fourth-order valence-electron chi connectivity index (χ4n) is 6.16. The number of carbonyl (C=O) groups is 1. The first-order valence-corrected chi connectivity index (χ1v) is 13.3. The van der Waals surface area contributed by atoms with E-state index in [1.165, 1.54) is 6.07 Å². The number of hydrogen-bond donors (Lipinski definition) is 2. The summed E-state index contributed by atoms with van der Waals surface area (Å²) in [6, 6.07) is 10.8. The number of hydrogen-bond acceptors (Lipinski definition) is 4. The summed E-state index contributed by atoms with van der Waals surface area (Å²) in [6.45, 7) is 0. The minimum atomic E-state index is -5.10. The maximum absolute atomic E-state index is 15.3. The number of rotatable bonds is 6. The van der Waals surface area contributed by atoms with Gasteiger partial charge in [-0.2, -0.15) is 18.4 Å². The van der Waals surface area contributed by atoms with E-state index in [9.17, 15) is 23.1 Å². The molecule has 2 saturated carbocycles. The number of aliphatic hydroxyl groups excluding tert-OH is 1. The quantitative estimate of drug-likeness (QED) is 0.363. The van der Waals surface area contributed by atoms with Gasteiger partial charge in [0.25, 0.3) is 0 Å². The Labute approximate surface area is 229 Å². The number of thiocarbonyl (C=S) groups is 1. The number of halogens is 4. The van der Waals surface area contributed by atoms with Crippen LogP contribution in [0.4, 0.5) is 28.9 Å². The van der Waals surface area contributed by atoms with Gasteiger partial charge in [0.15, 0.2) is 17.2 Å². The molecule has 1 spiro atoms. The summed E-state index contributed by atoms with van der Waals surface area (Å²) >= 11 is 5.64. The first kappa shape index (κ1) is 27.3. The Kier molecular flexibility index (Phi) is 6.84. The molecule has 0 bridgehead atoms. The van der Waals surface area contributed by atoms with Crippen LogP contribution in [0.1, 0.15) is 61.6 Å². The maximum atomic E-state index is 15.3. The zero-order valence-electron chi connectivity index (χ0n) is 21.3. The second-order valence-electron chi connectivity index (χ2n) is 10.6. The predicted molar refractivity (Wildman–Crippen MR) is 141 cm³/mol. The van der Waals surface area contributed by atoms with Gasteiger partial charge in [-0.15, -0.1) is 0 Å². The molecule has 3 aliphatic rings. The highest BCUT2D eigenvalue weighted by Gasteiger charge is 2.59. The molecule has 2 aromatic rings. The van der Waals surface area contributed by atoms with Gasteiger partial charge in [0.1, 0.15) is 5.56 Å². The van der Waals surface area contributed by atoms with E-state index in [2.05, 4.69) is 5.32 Å². The Morgan fingerprint density at radius 2 is 1.79 bits per heavy atom.